The molecule has 0 aliphatic heterocycles. The molecule has 1 aliphatic carbocycles. The minimum Gasteiger partial charge on any atom is -0.481 e. The summed E-state index contributed by atoms with van der Waals surface area (Å²) in [4.78, 5) is 24.4. The number of amides is 2. The number of halogens is 1. The largest absolute Gasteiger partial charge is 0.481 e. The van der Waals surface area contributed by atoms with E-state index in [4.69, 9.17) is 10.4 Å². The fourth-order valence-electron chi connectivity index (χ4n) is 1.96. The summed E-state index contributed by atoms with van der Waals surface area (Å²) < 4.78 is 0.752. The molecule has 7 heteroatoms. The molecule has 0 aromatic heterocycles. The molecule has 2 rings (SSSR count). The highest BCUT2D eigenvalue weighted by molar-refractivity contribution is 9.10. The van der Waals surface area contributed by atoms with Crippen LogP contribution in [0.4, 0.5) is 10.5 Å². The van der Waals surface area contributed by atoms with Crippen LogP contribution in [-0.4, -0.2) is 34.6 Å². The SMILES string of the molecule is N#Cc1cc(Br)ccc1NC(=O)N(CCC(=O)O)C1CC1. The van der Waals surface area contributed by atoms with E-state index < -0.39 is 5.97 Å². The topological polar surface area (TPSA) is 93.4 Å². The van der Waals surface area contributed by atoms with Crippen molar-refractivity contribution < 1.29 is 14.7 Å². The molecule has 1 aliphatic rings. The first-order valence-electron chi connectivity index (χ1n) is 6.50. The molecule has 6 nitrogen and oxygen atoms in total. The number of carboxylic acids is 1. The van der Waals surface area contributed by atoms with Crippen molar-refractivity contribution in [3.63, 3.8) is 0 Å². The van der Waals surface area contributed by atoms with Gasteiger partial charge in [-0.05, 0) is 31.0 Å². The van der Waals surface area contributed by atoms with E-state index in [1.165, 1.54) is 4.90 Å². The molecule has 1 aromatic rings. The molecule has 110 valence electrons. The van der Waals surface area contributed by atoms with Gasteiger partial charge in [-0.1, -0.05) is 15.9 Å². The van der Waals surface area contributed by atoms with E-state index in [-0.39, 0.29) is 25.0 Å². The summed E-state index contributed by atoms with van der Waals surface area (Å²) in [5.74, 6) is -0.935. The maximum atomic E-state index is 12.3. The summed E-state index contributed by atoms with van der Waals surface area (Å²) in [6, 6.07) is 6.75. The summed E-state index contributed by atoms with van der Waals surface area (Å²) in [6.45, 7) is 0.171. The molecular weight excluding hydrogens is 338 g/mol. The zero-order valence-electron chi connectivity index (χ0n) is 11.2. The fourth-order valence-corrected chi connectivity index (χ4v) is 2.32. The van der Waals surface area contributed by atoms with E-state index in [1.54, 1.807) is 18.2 Å². The molecule has 0 atom stereocenters. The van der Waals surface area contributed by atoms with Crippen LogP contribution in [0, 0.1) is 11.3 Å². The van der Waals surface area contributed by atoms with Gasteiger partial charge in [-0.2, -0.15) is 5.26 Å². The van der Waals surface area contributed by atoms with E-state index >= 15 is 0 Å². The predicted octanol–water partition coefficient (Wildman–Crippen LogP) is 2.79. The first-order chi connectivity index (χ1) is 10.0. The lowest BCUT2D eigenvalue weighted by Crippen LogP contribution is -2.38. The lowest BCUT2D eigenvalue weighted by Gasteiger charge is -2.22. The Hall–Kier alpha value is -2.07. The van der Waals surface area contributed by atoms with E-state index in [9.17, 15) is 9.59 Å². The molecule has 21 heavy (non-hydrogen) atoms. The number of nitriles is 1. The highest BCUT2D eigenvalue weighted by Crippen LogP contribution is 2.28. The minimum absolute atomic E-state index is 0.0879. The van der Waals surface area contributed by atoms with Crippen molar-refractivity contribution in [1.29, 1.82) is 5.26 Å². The molecular formula is C14H14BrN3O3. The average Bonchev–Trinajstić information content (AvgIpc) is 3.25. The van der Waals surface area contributed by atoms with Crippen LogP contribution in [0.15, 0.2) is 22.7 Å². The van der Waals surface area contributed by atoms with Crippen molar-refractivity contribution in [2.45, 2.75) is 25.3 Å². The van der Waals surface area contributed by atoms with Crippen molar-refractivity contribution in [3.05, 3.63) is 28.2 Å². The van der Waals surface area contributed by atoms with E-state index in [2.05, 4.69) is 21.2 Å². The fraction of sp³-hybridized carbons (Fsp3) is 0.357. The van der Waals surface area contributed by atoms with Crippen LogP contribution in [0.2, 0.25) is 0 Å². The second-order valence-corrected chi connectivity index (χ2v) is 5.72. The normalized spacial score (nSPS) is 13.3. The molecule has 2 amide bonds. The maximum absolute atomic E-state index is 12.3. The van der Waals surface area contributed by atoms with Gasteiger partial charge < -0.3 is 15.3 Å². The van der Waals surface area contributed by atoms with Gasteiger partial charge in [0.2, 0.25) is 0 Å². The molecule has 0 heterocycles. The number of anilines is 1. The summed E-state index contributed by atoms with van der Waals surface area (Å²) in [5, 5.41) is 20.5. The molecule has 1 saturated carbocycles. The summed E-state index contributed by atoms with van der Waals surface area (Å²) in [7, 11) is 0. The molecule has 0 spiro atoms. The Morgan fingerprint density at radius 3 is 2.76 bits per heavy atom. The molecule has 1 fully saturated rings. The third kappa shape index (κ3) is 4.20. The summed E-state index contributed by atoms with van der Waals surface area (Å²) in [5.41, 5.74) is 0.776. The molecule has 0 radical (unpaired) electrons. The Bertz CT molecular complexity index is 608. The number of rotatable bonds is 5. The highest BCUT2D eigenvalue weighted by atomic mass is 79.9. The van der Waals surface area contributed by atoms with Crippen molar-refractivity contribution in [2.24, 2.45) is 0 Å². The van der Waals surface area contributed by atoms with Gasteiger partial charge in [0.05, 0.1) is 17.7 Å². The molecule has 0 saturated heterocycles. The Morgan fingerprint density at radius 1 is 1.48 bits per heavy atom. The second-order valence-electron chi connectivity index (χ2n) is 4.80. The van der Waals surface area contributed by atoms with E-state index in [1.807, 2.05) is 6.07 Å². The van der Waals surface area contributed by atoms with Crippen LogP contribution in [0.1, 0.15) is 24.8 Å². The lowest BCUT2D eigenvalue weighted by atomic mass is 10.2. The Balaban J connectivity index is 2.08. The number of nitrogens with zero attached hydrogens (tertiary/aromatic N) is 2. The first kappa shape index (κ1) is 15.3. The third-order valence-corrected chi connectivity index (χ3v) is 3.65. The van der Waals surface area contributed by atoms with Crippen molar-refractivity contribution in [1.82, 2.24) is 4.90 Å². The molecule has 2 N–H and O–H groups in total. The average molecular weight is 352 g/mol. The number of carbonyl (C=O) groups is 2. The van der Waals surface area contributed by atoms with Gasteiger partial charge in [-0.3, -0.25) is 4.79 Å². The standard InChI is InChI=1S/C14H14BrN3O3/c15-10-1-4-12(9(7-10)8-16)17-14(21)18(11-2-3-11)6-5-13(19)20/h1,4,7,11H,2-3,5-6H2,(H,17,21)(H,19,20). The van der Waals surface area contributed by atoms with Crippen molar-refractivity contribution in [2.75, 3.05) is 11.9 Å². The zero-order valence-corrected chi connectivity index (χ0v) is 12.8. The molecule has 0 unspecified atom stereocenters. The van der Waals surface area contributed by atoms with Gasteiger partial charge in [-0.25, -0.2) is 4.79 Å². The van der Waals surface area contributed by atoms with Crippen molar-refractivity contribution in [3.8, 4) is 6.07 Å². The summed E-state index contributed by atoms with van der Waals surface area (Å²) >= 11 is 3.27. The third-order valence-electron chi connectivity index (χ3n) is 3.16. The number of hydrogen-bond acceptors (Lipinski definition) is 3. The van der Waals surface area contributed by atoms with Crippen molar-refractivity contribution >= 4 is 33.6 Å². The van der Waals surface area contributed by atoms with Gasteiger partial charge in [0.25, 0.3) is 0 Å². The number of hydrogen-bond donors (Lipinski definition) is 2. The quantitative estimate of drug-likeness (QED) is 0.852. The Morgan fingerprint density at radius 2 is 2.19 bits per heavy atom. The molecule has 1 aromatic carbocycles. The number of carboxylic acid groups (broad SMARTS) is 1. The van der Waals surface area contributed by atoms with E-state index in [0.29, 0.717) is 11.3 Å². The first-order valence-corrected chi connectivity index (χ1v) is 7.29. The number of nitrogens with one attached hydrogen (secondary N) is 1. The van der Waals surface area contributed by atoms with Crippen LogP contribution in [0.3, 0.4) is 0 Å². The highest BCUT2D eigenvalue weighted by Gasteiger charge is 2.32. The predicted molar refractivity (Wildman–Crippen MR) is 79.9 cm³/mol. The monoisotopic (exact) mass is 351 g/mol. The maximum Gasteiger partial charge on any atom is 0.322 e. The Labute approximate surface area is 130 Å². The summed E-state index contributed by atoms with van der Waals surface area (Å²) in [6.07, 6.45) is 1.69. The lowest BCUT2D eigenvalue weighted by molar-refractivity contribution is -0.137. The van der Waals surface area contributed by atoms with Gasteiger partial charge in [0.1, 0.15) is 6.07 Å². The van der Waals surface area contributed by atoms with Crippen LogP contribution < -0.4 is 5.32 Å². The van der Waals surface area contributed by atoms with Crippen LogP contribution >= 0.6 is 15.9 Å². The van der Waals surface area contributed by atoms with Gasteiger partial charge >= 0.3 is 12.0 Å². The number of benzene rings is 1. The zero-order chi connectivity index (χ0) is 15.4. The van der Waals surface area contributed by atoms with Crippen LogP contribution in [0.5, 0.6) is 0 Å². The number of aliphatic carboxylic acids is 1. The van der Waals surface area contributed by atoms with Crippen LogP contribution in [-0.2, 0) is 4.79 Å². The number of urea groups is 1. The van der Waals surface area contributed by atoms with Gasteiger partial charge in [-0.15, -0.1) is 0 Å². The van der Waals surface area contributed by atoms with Gasteiger partial charge in [0.15, 0.2) is 0 Å². The minimum atomic E-state index is -0.935. The second kappa shape index (κ2) is 6.59. The van der Waals surface area contributed by atoms with Gasteiger partial charge in [0, 0.05) is 17.1 Å². The number of carbonyl (C=O) groups excluding carboxylic acids is 1. The Kier molecular flexibility index (Phi) is 4.81. The van der Waals surface area contributed by atoms with E-state index in [0.717, 1.165) is 17.3 Å². The smallest absolute Gasteiger partial charge is 0.322 e. The van der Waals surface area contributed by atoms with Crippen LogP contribution in [0.25, 0.3) is 0 Å². The molecule has 0 bridgehead atoms.